The van der Waals surface area contributed by atoms with Gasteiger partial charge >= 0.3 is 0 Å². The number of para-hydroxylation sites is 1. The zero-order valence-electron chi connectivity index (χ0n) is 19.0. The van der Waals surface area contributed by atoms with E-state index in [0.29, 0.717) is 5.41 Å². The predicted octanol–water partition coefficient (Wildman–Crippen LogP) is 8.95. The van der Waals surface area contributed by atoms with Crippen molar-refractivity contribution >= 4 is 17.1 Å². The SMILES string of the molecule is C.C.CC.CC.CC(C)(C)C1=NCCC1.CC(C)(C)C1=Nc2ccccc2C1. The second kappa shape index (κ2) is 14.5. The van der Waals surface area contributed by atoms with Crippen LogP contribution in [0.2, 0.25) is 0 Å². The topological polar surface area (TPSA) is 24.7 Å². The van der Waals surface area contributed by atoms with Crippen LogP contribution < -0.4 is 0 Å². The van der Waals surface area contributed by atoms with Crippen LogP contribution in [0, 0.1) is 10.8 Å². The molecule has 2 aliphatic rings. The molecule has 2 nitrogen and oxygen atoms in total. The van der Waals surface area contributed by atoms with Gasteiger partial charge in [-0.05, 0) is 29.9 Å². The van der Waals surface area contributed by atoms with Gasteiger partial charge in [0.15, 0.2) is 0 Å². The van der Waals surface area contributed by atoms with Gasteiger partial charge < -0.3 is 0 Å². The van der Waals surface area contributed by atoms with E-state index in [2.05, 4.69) is 69.7 Å². The number of hydrogen-bond acceptors (Lipinski definition) is 2. The average Bonchev–Trinajstić information content (AvgIpc) is 3.28. The van der Waals surface area contributed by atoms with E-state index in [4.69, 9.17) is 0 Å². The molecule has 164 valence electrons. The summed E-state index contributed by atoms with van der Waals surface area (Å²) in [5.41, 5.74) is 5.77. The van der Waals surface area contributed by atoms with Crippen molar-refractivity contribution in [2.75, 3.05) is 6.54 Å². The molecule has 0 bridgehead atoms. The Hall–Kier alpha value is -1.44. The molecule has 3 rings (SSSR count). The monoisotopic (exact) mass is 390 g/mol. The summed E-state index contributed by atoms with van der Waals surface area (Å²) < 4.78 is 0. The van der Waals surface area contributed by atoms with Gasteiger partial charge in [-0.15, -0.1) is 0 Å². The maximum Gasteiger partial charge on any atom is 0.0665 e. The van der Waals surface area contributed by atoms with Gasteiger partial charge in [-0.25, -0.2) is 0 Å². The zero-order chi connectivity index (χ0) is 20.4. The molecule has 28 heavy (non-hydrogen) atoms. The summed E-state index contributed by atoms with van der Waals surface area (Å²) in [6.07, 6.45) is 3.52. The highest BCUT2D eigenvalue weighted by Gasteiger charge is 2.24. The second-order valence-electron chi connectivity index (χ2n) is 8.30. The van der Waals surface area contributed by atoms with E-state index < -0.39 is 0 Å². The van der Waals surface area contributed by atoms with Gasteiger partial charge in [0.25, 0.3) is 0 Å². The molecular formula is C26H50N2. The fraction of sp³-hybridized carbons (Fsp3) is 0.692. The van der Waals surface area contributed by atoms with Crippen molar-refractivity contribution in [3.05, 3.63) is 29.8 Å². The van der Waals surface area contributed by atoms with Crippen LogP contribution in [0.3, 0.4) is 0 Å². The summed E-state index contributed by atoms with van der Waals surface area (Å²) in [4.78, 5) is 9.06. The third-order valence-electron chi connectivity index (χ3n) is 4.21. The minimum Gasteiger partial charge on any atom is -0.294 e. The lowest BCUT2D eigenvalue weighted by Gasteiger charge is -2.17. The van der Waals surface area contributed by atoms with Crippen molar-refractivity contribution in [2.24, 2.45) is 20.8 Å². The molecule has 0 aliphatic carbocycles. The van der Waals surface area contributed by atoms with Crippen molar-refractivity contribution in [3.8, 4) is 0 Å². The summed E-state index contributed by atoms with van der Waals surface area (Å²) in [5.74, 6) is 0. The Morgan fingerprint density at radius 3 is 1.61 bits per heavy atom. The van der Waals surface area contributed by atoms with Crippen LogP contribution in [0.1, 0.15) is 102 Å². The molecule has 0 saturated carbocycles. The largest absolute Gasteiger partial charge is 0.294 e. The molecule has 0 fully saturated rings. The van der Waals surface area contributed by atoms with E-state index in [1.807, 2.05) is 33.8 Å². The quantitative estimate of drug-likeness (QED) is 0.422. The fourth-order valence-electron chi connectivity index (χ4n) is 2.72. The lowest BCUT2D eigenvalue weighted by Crippen LogP contribution is -2.19. The van der Waals surface area contributed by atoms with E-state index >= 15 is 0 Å². The van der Waals surface area contributed by atoms with E-state index in [9.17, 15) is 0 Å². The smallest absolute Gasteiger partial charge is 0.0665 e. The van der Waals surface area contributed by atoms with Crippen LogP contribution in [0.5, 0.6) is 0 Å². The number of nitrogens with zero attached hydrogens (tertiary/aromatic N) is 2. The van der Waals surface area contributed by atoms with Gasteiger partial charge in [0.05, 0.1) is 5.69 Å². The second-order valence-corrected chi connectivity index (χ2v) is 8.30. The van der Waals surface area contributed by atoms with Gasteiger partial charge in [0.2, 0.25) is 0 Å². The number of hydrogen-bond donors (Lipinski definition) is 0. The van der Waals surface area contributed by atoms with Crippen LogP contribution in [-0.2, 0) is 6.42 Å². The molecule has 0 radical (unpaired) electrons. The van der Waals surface area contributed by atoms with Crippen molar-refractivity contribution < 1.29 is 0 Å². The summed E-state index contributed by atoms with van der Waals surface area (Å²) in [7, 11) is 0. The Balaban J connectivity index is -0.000000371. The summed E-state index contributed by atoms with van der Waals surface area (Å²) in [6.45, 7) is 22.4. The van der Waals surface area contributed by atoms with Crippen LogP contribution >= 0.6 is 0 Å². The number of fused-ring (bicyclic) bond motifs is 1. The molecule has 0 amide bonds. The molecule has 0 unspecified atom stereocenters. The van der Waals surface area contributed by atoms with Crippen LogP contribution in [0.25, 0.3) is 0 Å². The van der Waals surface area contributed by atoms with Crippen LogP contribution in [-0.4, -0.2) is 18.0 Å². The zero-order valence-corrected chi connectivity index (χ0v) is 19.0. The molecular weight excluding hydrogens is 340 g/mol. The average molecular weight is 391 g/mol. The molecule has 0 saturated heterocycles. The normalized spacial score (nSPS) is 14.1. The molecule has 2 heterocycles. The van der Waals surface area contributed by atoms with Crippen molar-refractivity contribution in [3.63, 3.8) is 0 Å². The van der Waals surface area contributed by atoms with Crippen molar-refractivity contribution in [1.29, 1.82) is 0 Å². The third kappa shape index (κ3) is 10.2. The number of rotatable bonds is 0. The van der Waals surface area contributed by atoms with Gasteiger partial charge in [-0.2, -0.15) is 0 Å². The van der Waals surface area contributed by atoms with E-state index in [0.717, 1.165) is 18.7 Å². The van der Waals surface area contributed by atoms with Crippen LogP contribution in [0.15, 0.2) is 34.3 Å². The van der Waals surface area contributed by atoms with Crippen molar-refractivity contribution in [1.82, 2.24) is 0 Å². The maximum absolute atomic E-state index is 4.64. The summed E-state index contributed by atoms with van der Waals surface area (Å²) >= 11 is 0. The summed E-state index contributed by atoms with van der Waals surface area (Å²) in [5, 5.41) is 0. The van der Waals surface area contributed by atoms with E-state index in [-0.39, 0.29) is 20.3 Å². The van der Waals surface area contributed by atoms with Crippen molar-refractivity contribution in [2.45, 2.75) is 103 Å². The minimum atomic E-state index is 0. The molecule has 1 aromatic rings. The highest BCUT2D eigenvalue weighted by Crippen LogP contribution is 2.32. The Bertz CT molecular complexity index is 581. The molecule has 1 aromatic carbocycles. The van der Waals surface area contributed by atoms with E-state index in [1.54, 1.807) is 0 Å². The number of aliphatic imine (C=N–C) groups is 2. The Kier molecular flexibility index (Phi) is 16.2. The third-order valence-corrected chi connectivity index (χ3v) is 4.21. The van der Waals surface area contributed by atoms with Gasteiger partial charge in [-0.3, -0.25) is 9.98 Å². The fourth-order valence-corrected chi connectivity index (χ4v) is 2.72. The number of benzene rings is 1. The van der Waals surface area contributed by atoms with Crippen LogP contribution in [0.4, 0.5) is 5.69 Å². The molecule has 0 atom stereocenters. The lowest BCUT2D eigenvalue weighted by molar-refractivity contribution is 0.582. The first-order chi connectivity index (χ1) is 12.2. The highest BCUT2D eigenvalue weighted by molar-refractivity contribution is 5.97. The molecule has 2 aliphatic heterocycles. The Morgan fingerprint density at radius 1 is 0.750 bits per heavy atom. The van der Waals surface area contributed by atoms with E-state index in [1.165, 1.54) is 29.8 Å². The Labute approximate surface area is 178 Å². The highest BCUT2D eigenvalue weighted by atomic mass is 14.8. The predicted molar refractivity (Wildman–Crippen MR) is 134 cm³/mol. The first-order valence-corrected chi connectivity index (χ1v) is 10.4. The standard InChI is InChI=1S/C12H15N.C8H15N.2C2H6.2CH4/c1-12(2,3)11-8-9-6-4-5-7-10(9)13-11;1-8(2,3)7-5-4-6-9-7;2*1-2;;/h4-7H,8H2,1-3H3;4-6H2,1-3H3;2*1-2H3;2*1H4. The Morgan fingerprint density at radius 2 is 1.25 bits per heavy atom. The first-order valence-electron chi connectivity index (χ1n) is 10.4. The minimum absolute atomic E-state index is 0. The maximum atomic E-state index is 4.64. The molecule has 0 aromatic heterocycles. The first kappa shape index (κ1) is 31.3. The molecule has 0 spiro atoms. The summed E-state index contributed by atoms with van der Waals surface area (Å²) in [6, 6.07) is 8.39. The molecule has 0 N–H and O–H groups in total. The van der Waals surface area contributed by atoms with Gasteiger partial charge in [0, 0.05) is 29.8 Å². The van der Waals surface area contributed by atoms with Gasteiger partial charge in [0.1, 0.15) is 0 Å². The van der Waals surface area contributed by atoms with Gasteiger partial charge in [-0.1, -0.05) is 102 Å². The lowest BCUT2D eigenvalue weighted by atomic mass is 9.87. The molecule has 2 heteroatoms.